The van der Waals surface area contributed by atoms with E-state index in [0.29, 0.717) is 26.1 Å². The summed E-state index contributed by atoms with van der Waals surface area (Å²) in [4.78, 5) is 30.5. The van der Waals surface area contributed by atoms with E-state index in [-0.39, 0.29) is 22.6 Å². The van der Waals surface area contributed by atoms with Gasteiger partial charge in [-0.05, 0) is 25.3 Å². The van der Waals surface area contributed by atoms with Crippen LogP contribution in [-0.4, -0.2) is 46.6 Å². The molecule has 0 saturated carbocycles. The van der Waals surface area contributed by atoms with Crippen LogP contribution in [0, 0.1) is 0 Å². The Morgan fingerprint density at radius 2 is 1.96 bits per heavy atom. The lowest BCUT2D eigenvalue weighted by Gasteiger charge is -2.35. The number of hydrogen-bond donors (Lipinski definition) is 1. The van der Waals surface area contributed by atoms with E-state index in [4.69, 9.17) is 9.84 Å². The lowest BCUT2D eigenvalue weighted by molar-refractivity contribution is -0.134. The smallest absolute Gasteiger partial charge is 0.347 e. The molecule has 3 heterocycles. The molecule has 1 fully saturated rings. The highest BCUT2D eigenvalue weighted by Gasteiger charge is 2.33. The molecule has 0 aliphatic carbocycles. The van der Waals surface area contributed by atoms with Crippen LogP contribution in [0.4, 0.5) is 0 Å². The van der Waals surface area contributed by atoms with Crippen LogP contribution >= 0.6 is 11.3 Å². The zero-order chi connectivity index (χ0) is 18.1. The van der Waals surface area contributed by atoms with E-state index in [0.717, 1.165) is 29.2 Å². The maximum atomic E-state index is 13.0. The quantitative estimate of drug-likeness (QED) is 0.895. The van der Waals surface area contributed by atoms with E-state index < -0.39 is 5.97 Å². The summed E-state index contributed by atoms with van der Waals surface area (Å²) >= 11 is 1.25. The van der Waals surface area contributed by atoms with E-state index >= 15 is 0 Å². The third-order valence-corrected chi connectivity index (χ3v) is 6.29. The van der Waals surface area contributed by atoms with E-state index in [9.17, 15) is 9.59 Å². The minimum absolute atomic E-state index is 0.130. The van der Waals surface area contributed by atoms with Gasteiger partial charge in [-0.3, -0.25) is 4.79 Å². The number of nitrogens with zero attached hydrogens (tertiary/aromatic N) is 2. The van der Waals surface area contributed by atoms with Crippen LogP contribution in [0.15, 0.2) is 30.5 Å². The van der Waals surface area contributed by atoms with Gasteiger partial charge in [0.25, 0.3) is 0 Å². The number of fused-ring (bicyclic) bond motifs is 1. The molecular weight excluding hydrogens is 352 g/mol. The molecule has 6 nitrogen and oxygen atoms in total. The zero-order valence-corrected chi connectivity index (χ0v) is 15.1. The third-order valence-electron chi connectivity index (χ3n) is 5.15. The summed E-state index contributed by atoms with van der Waals surface area (Å²) < 4.78 is 5.66. The van der Waals surface area contributed by atoms with Crippen molar-refractivity contribution in [2.24, 2.45) is 0 Å². The number of para-hydroxylation sites is 1. The summed E-state index contributed by atoms with van der Waals surface area (Å²) in [5.41, 5.74) is 0.983. The number of rotatable bonds is 3. The largest absolute Gasteiger partial charge is 0.493 e. The molecule has 0 spiro atoms. The number of carbonyl (C=O) groups excluding carboxylic acids is 1. The maximum Gasteiger partial charge on any atom is 0.347 e. The van der Waals surface area contributed by atoms with Gasteiger partial charge in [-0.25, -0.2) is 9.78 Å². The molecule has 0 bridgehead atoms. The van der Waals surface area contributed by atoms with Gasteiger partial charge < -0.3 is 14.7 Å². The lowest BCUT2D eigenvalue weighted by Crippen LogP contribution is -2.41. The van der Waals surface area contributed by atoms with Crippen molar-refractivity contribution in [2.45, 2.75) is 31.1 Å². The van der Waals surface area contributed by atoms with Gasteiger partial charge in [-0.1, -0.05) is 18.2 Å². The Hall–Kier alpha value is -2.41. The molecule has 1 amide bonds. The summed E-state index contributed by atoms with van der Waals surface area (Å²) in [6, 6.07) is 7.77. The average molecular weight is 372 g/mol. The van der Waals surface area contributed by atoms with Gasteiger partial charge in [0, 0.05) is 24.6 Å². The number of benzene rings is 1. The van der Waals surface area contributed by atoms with Crippen LogP contribution in [0.5, 0.6) is 5.75 Å². The molecule has 1 aromatic heterocycles. The second kappa shape index (κ2) is 7.07. The minimum atomic E-state index is -0.931. The third kappa shape index (κ3) is 3.19. The Morgan fingerprint density at radius 1 is 1.19 bits per heavy atom. The fraction of sp³-hybridized carbons (Fsp3) is 0.421. The summed E-state index contributed by atoms with van der Waals surface area (Å²) in [5, 5.41) is 9.91. The van der Waals surface area contributed by atoms with E-state index in [1.54, 1.807) is 0 Å². The number of likely N-dealkylation sites (tertiary alicyclic amines) is 1. The Labute approximate surface area is 155 Å². The average Bonchev–Trinajstić information content (AvgIpc) is 3.18. The Morgan fingerprint density at radius 3 is 2.69 bits per heavy atom. The number of amides is 1. The highest BCUT2D eigenvalue weighted by Crippen LogP contribution is 2.37. The topological polar surface area (TPSA) is 79.7 Å². The molecule has 2 aliphatic heterocycles. The molecule has 4 rings (SSSR count). The van der Waals surface area contributed by atoms with Gasteiger partial charge >= 0.3 is 5.97 Å². The number of carboxylic acid groups (broad SMARTS) is 1. The van der Waals surface area contributed by atoms with E-state index in [2.05, 4.69) is 4.98 Å². The zero-order valence-electron chi connectivity index (χ0n) is 14.3. The Bertz CT molecular complexity index is 826. The van der Waals surface area contributed by atoms with Crippen LogP contribution < -0.4 is 4.74 Å². The number of carboxylic acids is 1. The highest BCUT2D eigenvalue weighted by atomic mass is 32.1. The molecule has 1 unspecified atom stereocenters. The van der Waals surface area contributed by atoms with Crippen LogP contribution in [0.1, 0.15) is 51.3 Å². The standard InChI is InChI=1S/C19H20N2O4S/c22-18(14-7-10-25-15-4-2-1-3-13(14)15)21-8-5-12(6-9-21)17-20-11-16(26-17)19(23)24/h1-4,11-12,14H,5-10H2,(H,23,24). The van der Waals surface area contributed by atoms with Crippen molar-refractivity contribution in [3.63, 3.8) is 0 Å². The lowest BCUT2D eigenvalue weighted by atomic mass is 9.90. The first kappa shape index (κ1) is 17.0. The number of thiazole rings is 1. The minimum Gasteiger partial charge on any atom is -0.493 e. The summed E-state index contributed by atoms with van der Waals surface area (Å²) in [6.45, 7) is 1.94. The molecule has 0 radical (unpaired) electrons. The molecule has 1 aromatic carbocycles. The predicted octanol–water partition coefficient (Wildman–Crippen LogP) is 3.11. The normalized spacial score (nSPS) is 20.3. The molecule has 1 atom stereocenters. The molecule has 7 heteroatoms. The summed E-state index contributed by atoms with van der Waals surface area (Å²) in [5.74, 6) is 0.161. The van der Waals surface area contributed by atoms with Crippen LogP contribution in [0.25, 0.3) is 0 Å². The van der Waals surface area contributed by atoms with Crippen LogP contribution in [-0.2, 0) is 4.79 Å². The van der Waals surface area contributed by atoms with Gasteiger partial charge in [0.15, 0.2) is 0 Å². The van der Waals surface area contributed by atoms with Gasteiger partial charge in [-0.15, -0.1) is 11.3 Å². The van der Waals surface area contributed by atoms with Crippen molar-refractivity contribution >= 4 is 23.2 Å². The molecule has 26 heavy (non-hydrogen) atoms. The van der Waals surface area contributed by atoms with Crippen molar-refractivity contribution < 1.29 is 19.4 Å². The number of carbonyl (C=O) groups is 2. The first-order valence-electron chi connectivity index (χ1n) is 8.83. The number of piperidine rings is 1. The number of hydrogen-bond acceptors (Lipinski definition) is 5. The second-order valence-electron chi connectivity index (χ2n) is 6.70. The number of ether oxygens (including phenoxy) is 1. The summed E-state index contributed by atoms with van der Waals surface area (Å²) in [7, 11) is 0. The Balaban J connectivity index is 1.42. The fourth-order valence-corrected chi connectivity index (χ4v) is 4.67. The van der Waals surface area contributed by atoms with Crippen LogP contribution in [0.3, 0.4) is 0 Å². The number of aromatic nitrogens is 1. The monoisotopic (exact) mass is 372 g/mol. The van der Waals surface area contributed by atoms with Gasteiger partial charge in [0.2, 0.25) is 5.91 Å². The van der Waals surface area contributed by atoms with Crippen molar-refractivity contribution in [1.29, 1.82) is 0 Å². The molecule has 1 N–H and O–H groups in total. The van der Waals surface area contributed by atoms with Gasteiger partial charge in [0.1, 0.15) is 10.6 Å². The molecule has 2 aromatic rings. The second-order valence-corrected chi connectivity index (χ2v) is 7.76. The molecular formula is C19H20N2O4S. The number of aromatic carboxylic acids is 1. The van der Waals surface area contributed by atoms with Crippen LogP contribution in [0.2, 0.25) is 0 Å². The van der Waals surface area contributed by atoms with Crippen molar-refractivity contribution in [3.05, 3.63) is 45.9 Å². The highest BCUT2D eigenvalue weighted by molar-refractivity contribution is 7.13. The molecule has 136 valence electrons. The fourth-order valence-electron chi connectivity index (χ4n) is 3.74. The Kier molecular flexibility index (Phi) is 4.63. The summed E-state index contributed by atoms with van der Waals surface area (Å²) in [6.07, 6.45) is 3.79. The maximum absolute atomic E-state index is 13.0. The van der Waals surface area contributed by atoms with E-state index in [1.807, 2.05) is 29.2 Å². The van der Waals surface area contributed by atoms with Gasteiger partial charge in [-0.2, -0.15) is 0 Å². The van der Waals surface area contributed by atoms with Gasteiger partial charge in [0.05, 0.1) is 23.7 Å². The predicted molar refractivity (Wildman–Crippen MR) is 96.9 cm³/mol. The molecule has 2 aliphatic rings. The first-order valence-corrected chi connectivity index (χ1v) is 9.64. The SMILES string of the molecule is O=C(O)c1cnc(C2CCN(C(=O)C3CCOc4ccccc43)CC2)s1. The van der Waals surface area contributed by atoms with E-state index in [1.165, 1.54) is 17.5 Å². The first-order chi connectivity index (χ1) is 12.6. The van der Waals surface area contributed by atoms with Crippen molar-refractivity contribution in [3.8, 4) is 5.75 Å². The van der Waals surface area contributed by atoms with Crippen molar-refractivity contribution in [2.75, 3.05) is 19.7 Å². The van der Waals surface area contributed by atoms with Crippen molar-refractivity contribution in [1.82, 2.24) is 9.88 Å². The molecule has 1 saturated heterocycles.